The number of amides is 1. The lowest BCUT2D eigenvalue weighted by molar-refractivity contribution is -0.184. The van der Waals surface area contributed by atoms with Gasteiger partial charge in [0, 0.05) is 18.3 Å². The van der Waals surface area contributed by atoms with Crippen molar-refractivity contribution in [1.29, 1.82) is 0 Å². The van der Waals surface area contributed by atoms with Crippen LogP contribution in [0.3, 0.4) is 0 Å². The van der Waals surface area contributed by atoms with Crippen molar-refractivity contribution < 1.29 is 44.0 Å². The first-order valence-electron chi connectivity index (χ1n) is 15.0. The van der Waals surface area contributed by atoms with Crippen LogP contribution in [0.4, 0.5) is 0 Å². The summed E-state index contributed by atoms with van der Waals surface area (Å²) in [5.41, 5.74) is -1.81. The molecular formula is C31H45NO9. The molecule has 4 rings (SSSR count). The average Bonchev–Trinajstić information content (AvgIpc) is 3.16. The Bertz CT molecular complexity index is 1130. The number of Topliss-reactive ketones (excluding diaryl/α,β-unsaturated/α-hetero) is 1. The third-order valence-corrected chi connectivity index (χ3v) is 10.8. The molecule has 0 aromatic heterocycles. The first-order chi connectivity index (χ1) is 19.1. The molecule has 0 spiro atoms. The van der Waals surface area contributed by atoms with Gasteiger partial charge in [-0.05, 0) is 80.1 Å². The van der Waals surface area contributed by atoms with Crippen LogP contribution in [0.25, 0.3) is 0 Å². The fourth-order valence-electron chi connectivity index (χ4n) is 8.66. The number of aliphatic hydroxyl groups is 2. The number of nitrogens with one attached hydrogen (secondary N) is 1. The van der Waals surface area contributed by atoms with E-state index < -0.39 is 53.4 Å². The largest absolute Gasteiger partial charge is 0.480 e. The van der Waals surface area contributed by atoms with Gasteiger partial charge in [0.05, 0.1) is 12.5 Å². The molecule has 41 heavy (non-hydrogen) atoms. The molecule has 0 saturated heterocycles. The molecule has 10 nitrogen and oxygen atoms in total. The summed E-state index contributed by atoms with van der Waals surface area (Å²) in [6.45, 7) is 7.05. The predicted octanol–water partition coefficient (Wildman–Crippen LogP) is 2.73. The third kappa shape index (κ3) is 5.74. The number of carbonyl (C=O) groups is 5. The lowest BCUT2D eigenvalue weighted by Crippen LogP contribution is -2.62. The van der Waals surface area contributed by atoms with Crippen LogP contribution >= 0.6 is 0 Å². The first-order valence-corrected chi connectivity index (χ1v) is 15.0. The van der Waals surface area contributed by atoms with E-state index in [1.165, 1.54) is 0 Å². The van der Waals surface area contributed by atoms with Gasteiger partial charge in [0.15, 0.2) is 12.4 Å². The molecular weight excluding hydrogens is 530 g/mol. The molecule has 0 heterocycles. The lowest BCUT2D eigenvalue weighted by atomic mass is 9.45. The van der Waals surface area contributed by atoms with E-state index >= 15 is 0 Å². The molecule has 4 N–H and O–H groups in total. The Balaban J connectivity index is 1.36. The molecule has 0 aromatic rings. The number of aliphatic hydroxyl groups excluding tert-OH is 1. The number of carbonyl (C=O) groups excluding carboxylic acids is 4. The van der Waals surface area contributed by atoms with Crippen molar-refractivity contribution in [3.8, 4) is 0 Å². The van der Waals surface area contributed by atoms with Gasteiger partial charge < -0.3 is 25.4 Å². The van der Waals surface area contributed by atoms with Crippen molar-refractivity contribution in [2.24, 2.45) is 34.5 Å². The molecule has 3 fully saturated rings. The highest BCUT2D eigenvalue weighted by Gasteiger charge is 2.68. The van der Waals surface area contributed by atoms with Gasteiger partial charge in [0.2, 0.25) is 11.7 Å². The molecule has 228 valence electrons. The number of fused-ring (bicyclic) bond motifs is 5. The maximum atomic E-state index is 13.4. The highest BCUT2D eigenvalue weighted by Crippen LogP contribution is 2.67. The smallest absolute Gasteiger partial charge is 0.326 e. The molecule has 5 unspecified atom stereocenters. The zero-order valence-corrected chi connectivity index (χ0v) is 24.6. The Morgan fingerprint density at radius 3 is 2.46 bits per heavy atom. The van der Waals surface area contributed by atoms with Gasteiger partial charge in [-0.1, -0.05) is 33.3 Å². The zero-order chi connectivity index (χ0) is 30.3. The monoisotopic (exact) mass is 575 g/mol. The minimum absolute atomic E-state index is 0.00766. The van der Waals surface area contributed by atoms with Crippen LogP contribution in [-0.2, 0) is 28.7 Å². The number of allylic oxidation sites excluding steroid dienone is 1. The quantitative estimate of drug-likeness (QED) is 0.286. The molecule has 0 aromatic carbocycles. The van der Waals surface area contributed by atoms with Crippen LogP contribution < -0.4 is 5.32 Å². The van der Waals surface area contributed by atoms with Crippen molar-refractivity contribution in [1.82, 2.24) is 5.32 Å². The number of hydrogen-bond donors (Lipinski definition) is 4. The van der Waals surface area contributed by atoms with Crippen LogP contribution in [0.1, 0.15) is 91.9 Å². The third-order valence-electron chi connectivity index (χ3n) is 10.8. The Morgan fingerprint density at radius 1 is 1.10 bits per heavy atom. The van der Waals surface area contributed by atoms with Crippen LogP contribution in [0.15, 0.2) is 11.6 Å². The van der Waals surface area contributed by atoms with E-state index in [1.807, 2.05) is 20.8 Å². The second kappa shape index (κ2) is 11.6. The van der Waals surface area contributed by atoms with Gasteiger partial charge in [-0.25, -0.2) is 4.79 Å². The minimum Gasteiger partial charge on any atom is -0.480 e. The highest BCUT2D eigenvalue weighted by atomic mass is 16.5. The van der Waals surface area contributed by atoms with Crippen LogP contribution in [-0.4, -0.2) is 69.1 Å². The van der Waals surface area contributed by atoms with E-state index in [9.17, 15) is 39.3 Å². The number of aliphatic carboxylic acids is 1. The summed E-state index contributed by atoms with van der Waals surface area (Å²) in [7, 11) is 0. The molecule has 1 amide bonds. The first kappa shape index (κ1) is 31.3. The molecule has 3 saturated carbocycles. The second-order valence-electron chi connectivity index (χ2n) is 13.6. The van der Waals surface area contributed by atoms with E-state index in [4.69, 9.17) is 4.74 Å². The molecule has 0 aliphatic heterocycles. The molecule has 10 heteroatoms. The van der Waals surface area contributed by atoms with E-state index in [1.54, 1.807) is 6.08 Å². The van der Waals surface area contributed by atoms with E-state index in [-0.39, 0.29) is 67.0 Å². The molecule has 0 bridgehead atoms. The number of ether oxygens (including phenoxy) is 1. The normalized spacial score (nSPS) is 36.9. The highest BCUT2D eigenvalue weighted by molar-refractivity contribution is 5.92. The standard InChI is InChI=1S/C31H45NO9/c1-17(2)13-22(28(38)39)32-25(36)7-8-26(37)41-16-24(35)31(40)12-10-21-20-6-5-18-14-19(33)9-11-29(18,3)27(20)23(34)15-30(21,31)4/h14,17,20-23,27,34,40H,5-13,15-16H2,1-4H3,(H,32,36)(H,38,39)/t20?,21?,22?,23?,27?,29-,30-,31-/m0/s1. The fraction of sp³-hybridized carbons (Fsp3) is 0.774. The van der Waals surface area contributed by atoms with Crippen molar-refractivity contribution >= 4 is 29.4 Å². The summed E-state index contributed by atoms with van der Waals surface area (Å²) >= 11 is 0. The van der Waals surface area contributed by atoms with Gasteiger partial charge in [0.25, 0.3) is 0 Å². The van der Waals surface area contributed by atoms with Gasteiger partial charge in [-0.2, -0.15) is 0 Å². The SMILES string of the molecule is CC(C)CC(NC(=O)CCC(=O)OCC(=O)[C@@]1(O)CCC2C3CCC4=CC(=O)CC[C@]4(C)C3C(O)C[C@@]21C)C(=O)O. The number of rotatable bonds is 10. The van der Waals surface area contributed by atoms with Gasteiger partial charge in [-0.15, -0.1) is 0 Å². The maximum Gasteiger partial charge on any atom is 0.326 e. The summed E-state index contributed by atoms with van der Waals surface area (Å²) < 4.78 is 5.16. The minimum atomic E-state index is -1.76. The molecule has 4 aliphatic rings. The van der Waals surface area contributed by atoms with E-state index in [0.717, 1.165) is 18.4 Å². The van der Waals surface area contributed by atoms with Crippen LogP contribution in [0, 0.1) is 34.5 Å². The molecule has 8 atom stereocenters. The molecule has 0 radical (unpaired) electrons. The summed E-state index contributed by atoms with van der Waals surface area (Å²) in [5, 5.41) is 35.0. The topological polar surface area (TPSA) is 167 Å². The van der Waals surface area contributed by atoms with Gasteiger partial charge in [0.1, 0.15) is 11.6 Å². The second-order valence-corrected chi connectivity index (χ2v) is 13.6. The van der Waals surface area contributed by atoms with Crippen molar-refractivity contribution in [3.63, 3.8) is 0 Å². The Hall–Kier alpha value is -2.59. The lowest BCUT2D eigenvalue weighted by Gasteiger charge is -2.60. The van der Waals surface area contributed by atoms with Crippen molar-refractivity contribution in [3.05, 3.63) is 11.6 Å². The summed E-state index contributed by atoms with van der Waals surface area (Å²) in [5.74, 6) is -2.89. The number of carboxylic acid groups (broad SMARTS) is 1. The maximum absolute atomic E-state index is 13.4. The van der Waals surface area contributed by atoms with Crippen molar-refractivity contribution in [2.75, 3.05) is 6.61 Å². The summed E-state index contributed by atoms with van der Waals surface area (Å²) in [6, 6.07) is -1.05. The van der Waals surface area contributed by atoms with Gasteiger partial charge >= 0.3 is 11.9 Å². The number of esters is 1. The number of hydrogen-bond acceptors (Lipinski definition) is 8. The summed E-state index contributed by atoms with van der Waals surface area (Å²) in [6.07, 6.45) is 4.47. The Morgan fingerprint density at radius 2 is 1.80 bits per heavy atom. The van der Waals surface area contributed by atoms with Crippen molar-refractivity contribution in [2.45, 2.75) is 110 Å². The summed E-state index contributed by atoms with van der Waals surface area (Å²) in [4.78, 5) is 61.4. The van der Waals surface area contributed by atoms with E-state index in [2.05, 4.69) is 12.2 Å². The number of carboxylic acids is 1. The number of ketones is 2. The molecule has 4 aliphatic carbocycles. The fourth-order valence-corrected chi connectivity index (χ4v) is 8.66. The predicted molar refractivity (Wildman–Crippen MR) is 147 cm³/mol. The van der Waals surface area contributed by atoms with Crippen LogP contribution in [0.5, 0.6) is 0 Å². The Labute approximate surface area is 241 Å². The zero-order valence-electron chi connectivity index (χ0n) is 24.6. The van der Waals surface area contributed by atoms with E-state index in [0.29, 0.717) is 19.3 Å². The average molecular weight is 576 g/mol. The van der Waals surface area contributed by atoms with Crippen LogP contribution in [0.2, 0.25) is 0 Å². The Kier molecular flexibility index (Phi) is 8.86. The van der Waals surface area contributed by atoms with Gasteiger partial charge in [-0.3, -0.25) is 19.2 Å².